The smallest absolute Gasteiger partial charge is 0.326 e. The minimum atomic E-state index is -0.998. The van der Waals surface area contributed by atoms with Gasteiger partial charge in [-0.15, -0.1) is 0 Å². The van der Waals surface area contributed by atoms with Crippen LogP contribution in [-0.2, 0) is 16.1 Å². The van der Waals surface area contributed by atoms with Crippen LogP contribution < -0.4 is 5.32 Å². The number of fused-ring (bicyclic) bond motifs is 1. The van der Waals surface area contributed by atoms with E-state index in [0.29, 0.717) is 6.42 Å². The maximum Gasteiger partial charge on any atom is 0.326 e. The van der Waals surface area contributed by atoms with Gasteiger partial charge in [0.25, 0.3) is 0 Å². The van der Waals surface area contributed by atoms with E-state index in [2.05, 4.69) is 10.4 Å². The zero-order valence-electron chi connectivity index (χ0n) is 12.0. The number of benzene rings is 1. The fourth-order valence-electron chi connectivity index (χ4n) is 2.19. The number of aliphatic carboxylic acids is 1. The molecule has 1 atom stereocenters. The lowest BCUT2D eigenvalue weighted by Crippen LogP contribution is -2.42. The van der Waals surface area contributed by atoms with E-state index in [4.69, 9.17) is 5.11 Å². The van der Waals surface area contributed by atoms with E-state index in [0.717, 1.165) is 23.7 Å². The first kappa shape index (κ1) is 15.0. The van der Waals surface area contributed by atoms with Gasteiger partial charge in [0.1, 0.15) is 12.6 Å². The normalized spacial score (nSPS) is 12.2. The standard InChI is InChI=1S/C15H19N3O3/c1-2-3-7-12(15(20)21)17-14(19)10-18-13-8-5-4-6-11(13)9-16-18/h4-6,8-9,12H,2-3,7,10H2,1H3,(H,17,19)(H,20,21)/t12-/m0/s1. The molecule has 6 nitrogen and oxygen atoms in total. The number of unbranched alkanes of at least 4 members (excludes halogenated alkanes) is 1. The summed E-state index contributed by atoms with van der Waals surface area (Å²) in [6.45, 7) is 2.00. The molecule has 1 aromatic heterocycles. The predicted octanol–water partition coefficient (Wildman–Crippen LogP) is 1.80. The van der Waals surface area contributed by atoms with Gasteiger partial charge in [-0.3, -0.25) is 9.48 Å². The molecular weight excluding hydrogens is 270 g/mol. The van der Waals surface area contributed by atoms with Gasteiger partial charge in [-0.2, -0.15) is 5.10 Å². The van der Waals surface area contributed by atoms with Crippen LogP contribution in [0, 0.1) is 0 Å². The van der Waals surface area contributed by atoms with E-state index in [9.17, 15) is 9.59 Å². The van der Waals surface area contributed by atoms with Crippen molar-refractivity contribution < 1.29 is 14.7 Å². The van der Waals surface area contributed by atoms with Gasteiger partial charge in [0.05, 0.1) is 11.7 Å². The Morgan fingerprint density at radius 3 is 2.86 bits per heavy atom. The second kappa shape index (κ2) is 6.88. The monoisotopic (exact) mass is 289 g/mol. The van der Waals surface area contributed by atoms with E-state index in [1.807, 2.05) is 31.2 Å². The van der Waals surface area contributed by atoms with Crippen LogP contribution in [0.1, 0.15) is 26.2 Å². The summed E-state index contributed by atoms with van der Waals surface area (Å²) in [6.07, 6.45) is 3.79. The molecule has 0 saturated carbocycles. The number of hydrogen-bond acceptors (Lipinski definition) is 3. The minimum absolute atomic E-state index is 0.0173. The number of nitrogens with zero attached hydrogens (tertiary/aromatic N) is 2. The highest BCUT2D eigenvalue weighted by Gasteiger charge is 2.19. The van der Waals surface area contributed by atoms with Gasteiger partial charge in [-0.05, 0) is 12.5 Å². The van der Waals surface area contributed by atoms with Crippen LogP contribution in [0.3, 0.4) is 0 Å². The van der Waals surface area contributed by atoms with Crippen molar-refractivity contribution in [3.05, 3.63) is 30.5 Å². The SMILES string of the molecule is CCCC[C@H](NC(=O)Cn1ncc2ccccc21)C(=O)O. The van der Waals surface area contributed by atoms with E-state index >= 15 is 0 Å². The molecule has 2 rings (SSSR count). The Kier molecular flexibility index (Phi) is 4.92. The van der Waals surface area contributed by atoms with Crippen LogP contribution in [0.5, 0.6) is 0 Å². The highest BCUT2D eigenvalue weighted by atomic mass is 16.4. The maximum absolute atomic E-state index is 12.0. The summed E-state index contributed by atoms with van der Waals surface area (Å²) in [4.78, 5) is 23.1. The molecule has 0 unspecified atom stereocenters. The fourth-order valence-corrected chi connectivity index (χ4v) is 2.19. The molecule has 1 aromatic carbocycles. The molecule has 112 valence electrons. The third-order valence-corrected chi connectivity index (χ3v) is 3.32. The van der Waals surface area contributed by atoms with Crippen molar-refractivity contribution >= 4 is 22.8 Å². The number of carbonyl (C=O) groups is 2. The number of carboxylic acids is 1. The number of hydrogen-bond donors (Lipinski definition) is 2. The highest BCUT2D eigenvalue weighted by Crippen LogP contribution is 2.12. The van der Waals surface area contributed by atoms with Gasteiger partial charge in [0.2, 0.25) is 5.91 Å². The van der Waals surface area contributed by atoms with Gasteiger partial charge in [0, 0.05) is 5.39 Å². The molecule has 0 aliphatic carbocycles. The van der Waals surface area contributed by atoms with Crippen molar-refractivity contribution in [1.29, 1.82) is 0 Å². The number of carbonyl (C=O) groups excluding carboxylic acids is 1. The quantitative estimate of drug-likeness (QED) is 0.814. The van der Waals surface area contributed by atoms with Gasteiger partial charge < -0.3 is 10.4 Å². The van der Waals surface area contributed by atoms with E-state index < -0.39 is 12.0 Å². The van der Waals surface area contributed by atoms with Crippen LogP contribution in [0.4, 0.5) is 0 Å². The van der Waals surface area contributed by atoms with Crippen LogP contribution in [0.25, 0.3) is 10.9 Å². The lowest BCUT2D eigenvalue weighted by molar-refractivity contribution is -0.142. The number of aromatic nitrogens is 2. The lowest BCUT2D eigenvalue weighted by Gasteiger charge is -2.14. The molecule has 0 spiro atoms. The van der Waals surface area contributed by atoms with Gasteiger partial charge >= 0.3 is 5.97 Å². The second-order valence-corrected chi connectivity index (χ2v) is 4.96. The van der Waals surface area contributed by atoms with E-state index in [1.165, 1.54) is 0 Å². The molecule has 1 heterocycles. The molecule has 2 N–H and O–H groups in total. The maximum atomic E-state index is 12.0. The van der Waals surface area contributed by atoms with Crippen molar-refractivity contribution in [2.45, 2.75) is 38.8 Å². The molecule has 1 amide bonds. The molecule has 6 heteroatoms. The van der Waals surface area contributed by atoms with Crippen molar-refractivity contribution in [1.82, 2.24) is 15.1 Å². The highest BCUT2D eigenvalue weighted by molar-refractivity contribution is 5.85. The molecule has 0 fully saturated rings. The first-order valence-corrected chi connectivity index (χ1v) is 7.04. The molecular formula is C15H19N3O3. The molecule has 0 saturated heterocycles. The number of rotatable bonds is 7. The Bertz CT molecular complexity index is 636. The van der Waals surface area contributed by atoms with Crippen LogP contribution >= 0.6 is 0 Å². The number of carboxylic acid groups (broad SMARTS) is 1. The van der Waals surface area contributed by atoms with E-state index in [-0.39, 0.29) is 12.5 Å². The molecule has 0 radical (unpaired) electrons. The summed E-state index contributed by atoms with van der Waals surface area (Å²) in [5, 5.41) is 16.8. The summed E-state index contributed by atoms with van der Waals surface area (Å²) in [7, 11) is 0. The topological polar surface area (TPSA) is 84.2 Å². The Morgan fingerprint density at radius 2 is 2.14 bits per heavy atom. The van der Waals surface area contributed by atoms with E-state index in [1.54, 1.807) is 10.9 Å². The van der Waals surface area contributed by atoms with Crippen LogP contribution in [0.15, 0.2) is 30.5 Å². The van der Waals surface area contributed by atoms with Crippen molar-refractivity contribution in [2.24, 2.45) is 0 Å². The zero-order valence-corrected chi connectivity index (χ0v) is 12.0. The number of nitrogens with one attached hydrogen (secondary N) is 1. The van der Waals surface area contributed by atoms with Gasteiger partial charge in [-0.1, -0.05) is 38.0 Å². The zero-order chi connectivity index (χ0) is 15.2. The molecule has 2 aromatic rings. The Labute approximate surface area is 122 Å². The molecule has 0 aliphatic heterocycles. The fraction of sp³-hybridized carbons (Fsp3) is 0.400. The van der Waals surface area contributed by atoms with Gasteiger partial charge in [0.15, 0.2) is 0 Å². The van der Waals surface area contributed by atoms with Crippen molar-refractivity contribution in [3.63, 3.8) is 0 Å². The molecule has 0 bridgehead atoms. The van der Waals surface area contributed by atoms with Crippen LogP contribution in [-0.4, -0.2) is 32.8 Å². The van der Waals surface area contributed by atoms with Crippen LogP contribution in [0.2, 0.25) is 0 Å². The Hall–Kier alpha value is -2.37. The second-order valence-electron chi connectivity index (χ2n) is 4.96. The summed E-state index contributed by atoms with van der Waals surface area (Å²) in [5.74, 6) is -1.34. The summed E-state index contributed by atoms with van der Waals surface area (Å²) >= 11 is 0. The Balaban J connectivity index is 2.02. The minimum Gasteiger partial charge on any atom is -0.480 e. The van der Waals surface area contributed by atoms with Gasteiger partial charge in [-0.25, -0.2) is 4.79 Å². The Morgan fingerprint density at radius 1 is 1.38 bits per heavy atom. The molecule has 21 heavy (non-hydrogen) atoms. The summed E-state index contributed by atoms with van der Waals surface area (Å²) in [5.41, 5.74) is 0.855. The summed E-state index contributed by atoms with van der Waals surface area (Å²) in [6, 6.07) is 6.73. The predicted molar refractivity (Wildman–Crippen MR) is 78.8 cm³/mol. The first-order valence-electron chi connectivity index (χ1n) is 7.04. The third-order valence-electron chi connectivity index (χ3n) is 3.32. The third kappa shape index (κ3) is 3.81. The average Bonchev–Trinajstić information content (AvgIpc) is 2.86. The summed E-state index contributed by atoms with van der Waals surface area (Å²) < 4.78 is 1.57. The van der Waals surface area contributed by atoms with Crippen molar-refractivity contribution in [2.75, 3.05) is 0 Å². The lowest BCUT2D eigenvalue weighted by atomic mass is 10.1. The first-order chi connectivity index (χ1) is 10.1. The average molecular weight is 289 g/mol. The largest absolute Gasteiger partial charge is 0.480 e. The number of para-hydroxylation sites is 1. The number of amides is 1. The van der Waals surface area contributed by atoms with Crippen molar-refractivity contribution in [3.8, 4) is 0 Å². The molecule has 0 aliphatic rings.